The first-order chi connectivity index (χ1) is 7.86. The summed E-state index contributed by atoms with van der Waals surface area (Å²) in [6.45, 7) is 0. The third kappa shape index (κ3) is 2.79. The SMILES string of the molecule is N/C(C(=O)O)=C(/Cl)N(N)c1cccc(Cl)c1F. The Morgan fingerprint density at radius 3 is 2.59 bits per heavy atom. The van der Waals surface area contributed by atoms with E-state index < -0.39 is 22.6 Å². The fraction of sp³-hybridized carbons (Fsp3) is 0. The van der Waals surface area contributed by atoms with Crippen LogP contribution in [-0.4, -0.2) is 11.1 Å². The standard InChI is InChI=1S/C9H8Cl2FN3O2/c10-4-2-1-3-5(6(4)12)15(14)8(11)7(13)9(16)17/h1-3H,13-14H2,(H,16,17)/b8-7-. The summed E-state index contributed by atoms with van der Waals surface area (Å²) in [5, 5.41) is 8.52. The van der Waals surface area contributed by atoms with Crippen LogP contribution in [0.2, 0.25) is 5.02 Å². The molecule has 0 aliphatic heterocycles. The van der Waals surface area contributed by atoms with Gasteiger partial charge in [-0.15, -0.1) is 0 Å². The third-order valence-corrected chi connectivity index (χ3v) is 2.53. The molecule has 0 heterocycles. The predicted octanol–water partition coefficient (Wildman–Crippen LogP) is 1.61. The molecular weight excluding hydrogens is 272 g/mol. The normalized spacial score (nSPS) is 12.0. The summed E-state index contributed by atoms with van der Waals surface area (Å²) < 4.78 is 13.6. The molecule has 0 saturated heterocycles. The number of nitrogens with zero attached hydrogens (tertiary/aromatic N) is 1. The van der Waals surface area contributed by atoms with Gasteiger partial charge in [-0.2, -0.15) is 0 Å². The number of hydrazine groups is 1. The van der Waals surface area contributed by atoms with Crippen molar-refractivity contribution in [1.29, 1.82) is 0 Å². The fourth-order valence-corrected chi connectivity index (χ4v) is 1.34. The highest BCUT2D eigenvalue weighted by Gasteiger charge is 2.18. The lowest BCUT2D eigenvalue weighted by Crippen LogP contribution is -2.32. The van der Waals surface area contributed by atoms with Gasteiger partial charge in [0.05, 0.1) is 10.7 Å². The van der Waals surface area contributed by atoms with Crippen molar-refractivity contribution in [1.82, 2.24) is 0 Å². The molecule has 0 atom stereocenters. The van der Waals surface area contributed by atoms with Gasteiger partial charge in [-0.25, -0.2) is 15.0 Å². The second kappa shape index (κ2) is 5.22. The number of hydrogen-bond acceptors (Lipinski definition) is 4. The zero-order chi connectivity index (χ0) is 13.2. The van der Waals surface area contributed by atoms with Crippen LogP contribution in [0.3, 0.4) is 0 Å². The highest BCUT2D eigenvalue weighted by atomic mass is 35.5. The van der Waals surface area contributed by atoms with Crippen LogP contribution in [-0.2, 0) is 4.79 Å². The van der Waals surface area contributed by atoms with Crippen LogP contribution in [0.15, 0.2) is 29.1 Å². The molecule has 1 aromatic carbocycles. The first-order valence-electron chi connectivity index (χ1n) is 4.23. The van der Waals surface area contributed by atoms with E-state index in [2.05, 4.69) is 0 Å². The molecule has 0 aliphatic carbocycles. The molecule has 8 heteroatoms. The number of aliphatic carboxylic acids is 1. The van der Waals surface area contributed by atoms with E-state index in [4.69, 9.17) is 39.9 Å². The van der Waals surface area contributed by atoms with Gasteiger partial charge in [-0.3, -0.25) is 5.01 Å². The Labute approximate surface area is 106 Å². The van der Waals surface area contributed by atoms with Gasteiger partial charge in [0.25, 0.3) is 0 Å². The highest BCUT2D eigenvalue weighted by molar-refractivity contribution is 6.33. The molecule has 0 unspecified atom stereocenters. The minimum atomic E-state index is -1.46. The maximum Gasteiger partial charge on any atom is 0.354 e. The van der Waals surface area contributed by atoms with Crippen molar-refractivity contribution in [3.05, 3.63) is 39.9 Å². The molecule has 0 saturated carbocycles. The Bertz CT molecular complexity index is 493. The maximum atomic E-state index is 13.6. The van der Waals surface area contributed by atoms with Gasteiger partial charge in [0.1, 0.15) is 0 Å². The summed E-state index contributed by atoms with van der Waals surface area (Å²) in [4.78, 5) is 10.6. The van der Waals surface area contributed by atoms with Crippen molar-refractivity contribution in [3.8, 4) is 0 Å². The average Bonchev–Trinajstić information content (AvgIpc) is 2.29. The number of hydrogen-bond donors (Lipinski definition) is 3. The van der Waals surface area contributed by atoms with Crippen LogP contribution in [0.4, 0.5) is 10.1 Å². The quantitative estimate of drug-likeness (QED) is 0.338. The Kier molecular flexibility index (Phi) is 4.17. The van der Waals surface area contributed by atoms with Crippen LogP contribution in [0.5, 0.6) is 0 Å². The number of carbonyl (C=O) groups is 1. The van der Waals surface area contributed by atoms with E-state index in [9.17, 15) is 9.18 Å². The number of nitrogens with two attached hydrogens (primary N) is 2. The van der Waals surface area contributed by atoms with E-state index in [1.54, 1.807) is 0 Å². The van der Waals surface area contributed by atoms with E-state index >= 15 is 0 Å². The molecule has 1 rings (SSSR count). The molecule has 5 N–H and O–H groups in total. The lowest BCUT2D eigenvalue weighted by atomic mass is 10.3. The Balaban J connectivity index is 3.22. The Morgan fingerprint density at radius 2 is 2.06 bits per heavy atom. The molecule has 0 aliphatic rings. The second-order valence-corrected chi connectivity index (χ2v) is 3.72. The van der Waals surface area contributed by atoms with Gasteiger partial charge in [0.15, 0.2) is 16.7 Å². The minimum Gasteiger partial charge on any atom is -0.476 e. The number of benzene rings is 1. The van der Waals surface area contributed by atoms with E-state index in [0.717, 1.165) is 0 Å². The Hall–Kier alpha value is -1.50. The largest absolute Gasteiger partial charge is 0.476 e. The van der Waals surface area contributed by atoms with Crippen molar-refractivity contribution in [2.75, 3.05) is 5.01 Å². The number of carboxylic acids is 1. The number of halogens is 3. The molecular formula is C9H8Cl2FN3O2. The smallest absolute Gasteiger partial charge is 0.354 e. The molecule has 0 fully saturated rings. The van der Waals surface area contributed by atoms with Crippen LogP contribution >= 0.6 is 23.2 Å². The first-order valence-corrected chi connectivity index (χ1v) is 4.99. The van der Waals surface area contributed by atoms with Gasteiger partial charge in [0, 0.05) is 0 Å². The van der Waals surface area contributed by atoms with Gasteiger partial charge in [0.2, 0.25) is 0 Å². The monoisotopic (exact) mass is 279 g/mol. The Morgan fingerprint density at radius 1 is 1.47 bits per heavy atom. The zero-order valence-electron chi connectivity index (χ0n) is 8.32. The van der Waals surface area contributed by atoms with E-state index in [1.165, 1.54) is 18.2 Å². The van der Waals surface area contributed by atoms with Gasteiger partial charge >= 0.3 is 5.97 Å². The van der Waals surface area contributed by atoms with Crippen molar-refractivity contribution >= 4 is 34.9 Å². The summed E-state index contributed by atoms with van der Waals surface area (Å²) >= 11 is 11.1. The van der Waals surface area contributed by atoms with Gasteiger partial charge in [-0.1, -0.05) is 29.3 Å². The number of anilines is 1. The van der Waals surface area contributed by atoms with Crippen molar-refractivity contribution < 1.29 is 14.3 Å². The van der Waals surface area contributed by atoms with Crippen molar-refractivity contribution in [3.63, 3.8) is 0 Å². The van der Waals surface area contributed by atoms with E-state index in [-0.39, 0.29) is 10.7 Å². The van der Waals surface area contributed by atoms with Crippen molar-refractivity contribution in [2.45, 2.75) is 0 Å². The highest BCUT2D eigenvalue weighted by Crippen LogP contribution is 2.27. The molecule has 0 aromatic heterocycles. The molecule has 0 bridgehead atoms. The third-order valence-electron chi connectivity index (χ3n) is 1.85. The lowest BCUT2D eigenvalue weighted by Gasteiger charge is -2.19. The first kappa shape index (κ1) is 13.6. The molecule has 1 aromatic rings. The van der Waals surface area contributed by atoms with Gasteiger partial charge in [-0.05, 0) is 12.1 Å². The summed E-state index contributed by atoms with van der Waals surface area (Å²) in [6, 6.07) is 4.02. The van der Waals surface area contributed by atoms with E-state index in [0.29, 0.717) is 5.01 Å². The van der Waals surface area contributed by atoms with Crippen LogP contribution in [0.25, 0.3) is 0 Å². The summed E-state index contributed by atoms with van der Waals surface area (Å²) in [5.41, 5.74) is 4.27. The molecule has 5 nitrogen and oxygen atoms in total. The van der Waals surface area contributed by atoms with Crippen LogP contribution in [0, 0.1) is 5.82 Å². The van der Waals surface area contributed by atoms with Gasteiger partial charge < -0.3 is 10.8 Å². The summed E-state index contributed by atoms with van der Waals surface area (Å²) in [7, 11) is 0. The molecule has 92 valence electrons. The number of rotatable bonds is 3. The van der Waals surface area contributed by atoms with Crippen molar-refractivity contribution in [2.24, 2.45) is 11.6 Å². The lowest BCUT2D eigenvalue weighted by molar-refractivity contribution is -0.132. The topological polar surface area (TPSA) is 92.6 Å². The second-order valence-electron chi connectivity index (χ2n) is 2.95. The average molecular weight is 280 g/mol. The fourth-order valence-electron chi connectivity index (χ4n) is 1.00. The van der Waals surface area contributed by atoms with E-state index in [1.807, 2.05) is 0 Å². The number of carboxylic acid groups (broad SMARTS) is 1. The zero-order valence-corrected chi connectivity index (χ0v) is 9.84. The van der Waals surface area contributed by atoms with Crippen LogP contribution in [0.1, 0.15) is 0 Å². The molecule has 0 radical (unpaired) electrons. The minimum absolute atomic E-state index is 0.170. The van der Waals surface area contributed by atoms with Crippen LogP contribution < -0.4 is 16.6 Å². The predicted molar refractivity (Wildman–Crippen MR) is 62.8 cm³/mol. The molecule has 0 amide bonds. The molecule has 0 spiro atoms. The summed E-state index contributed by atoms with van der Waals surface area (Å²) in [6.07, 6.45) is 0. The molecule has 17 heavy (non-hydrogen) atoms. The maximum absolute atomic E-state index is 13.6. The summed E-state index contributed by atoms with van der Waals surface area (Å²) in [5.74, 6) is 3.16.